The van der Waals surface area contributed by atoms with Crippen LogP contribution in [0.1, 0.15) is 67.8 Å². The smallest absolute Gasteiger partial charge is 0.350 e. The van der Waals surface area contributed by atoms with Gasteiger partial charge in [0.2, 0.25) is 10.0 Å². The molecule has 0 bridgehead atoms. The van der Waals surface area contributed by atoms with Crippen molar-refractivity contribution in [3.05, 3.63) is 35.4 Å². The van der Waals surface area contributed by atoms with Gasteiger partial charge in [0.25, 0.3) is 5.91 Å². The molecule has 0 atom stereocenters. The summed E-state index contributed by atoms with van der Waals surface area (Å²) in [5, 5.41) is 2.96. The zero-order chi connectivity index (χ0) is 24.1. The van der Waals surface area contributed by atoms with Crippen LogP contribution in [0.25, 0.3) is 0 Å². The summed E-state index contributed by atoms with van der Waals surface area (Å²) in [6.45, 7) is 4.36. The highest BCUT2D eigenvalue weighted by Crippen LogP contribution is 2.34. The first kappa shape index (κ1) is 26.0. The van der Waals surface area contributed by atoms with Gasteiger partial charge in [0.05, 0.1) is 11.3 Å². The molecule has 1 N–H and O–H groups in total. The molecule has 0 aromatic heterocycles. The molecule has 6 nitrogen and oxygen atoms in total. The number of nitrogens with one attached hydrogen (secondary N) is 1. The fourth-order valence-corrected chi connectivity index (χ4v) is 6.47. The third kappa shape index (κ3) is 6.48. The van der Waals surface area contributed by atoms with E-state index in [-0.39, 0.29) is 16.9 Å². The van der Waals surface area contributed by atoms with Crippen LogP contribution in [0.4, 0.5) is 13.2 Å². The van der Waals surface area contributed by atoms with Gasteiger partial charge in [-0.3, -0.25) is 9.69 Å². The van der Waals surface area contributed by atoms with E-state index in [2.05, 4.69) is 10.2 Å². The molecule has 1 saturated heterocycles. The molecular formula is C23H34F3N3O3S. The lowest BCUT2D eigenvalue weighted by atomic mass is 9.87. The number of sulfonamides is 1. The predicted octanol–water partition coefficient (Wildman–Crippen LogP) is 3.89. The number of amides is 1. The molecule has 1 heterocycles. The molecule has 10 heteroatoms. The molecule has 186 valence electrons. The summed E-state index contributed by atoms with van der Waals surface area (Å²) < 4.78 is 64.9. The zero-order valence-electron chi connectivity index (χ0n) is 19.2. The number of rotatable bonds is 7. The van der Waals surface area contributed by atoms with Gasteiger partial charge >= 0.3 is 6.18 Å². The van der Waals surface area contributed by atoms with Gasteiger partial charge in [0.15, 0.2) is 0 Å². The maximum absolute atomic E-state index is 12.8. The van der Waals surface area contributed by atoms with E-state index in [1.807, 2.05) is 6.92 Å². The SMILES string of the molecule is CCCS(=O)(=O)N1CCN(C2(CNC(=O)c3ccc(C(F)(F)F)cc3)CCCCCC2)CC1. The Balaban J connectivity index is 1.68. The summed E-state index contributed by atoms with van der Waals surface area (Å²) in [5.74, 6) is -0.238. The van der Waals surface area contributed by atoms with Crippen molar-refractivity contribution in [2.24, 2.45) is 0 Å². The lowest BCUT2D eigenvalue weighted by Gasteiger charge is -2.47. The van der Waals surface area contributed by atoms with Crippen molar-refractivity contribution in [2.75, 3.05) is 38.5 Å². The summed E-state index contributed by atoms with van der Waals surface area (Å²) in [6.07, 6.45) is 2.27. The van der Waals surface area contributed by atoms with E-state index in [4.69, 9.17) is 0 Å². The number of carbonyl (C=O) groups excluding carboxylic acids is 1. The second kappa shape index (κ2) is 10.7. The molecule has 1 saturated carbocycles. The van der Waals surface area contributed by atoms with Gasteiger partial charge in [0.1, 0.15) is 0 Å². The van der Waals surface area contributed by atoms with E-state index in [0.717, 1.165) is 50.7 Å². The van der Waals surface area contributed by atoms with Crippen LogP contribution >= 0.6 is 0 Å². The number of benzene rings is 1. The topological polar surface area (TPSA) is 69.7 Å². The van der Waals surface area contributed by atoms with E-state index < -0.39 is 27.7 Å². The Bertz CT molecular complexity index is 888. The highest BCUT2D eigenvalue weighted by atomic mass is 32.2. The Hall–Kier alpha value is -1.65. The maximum Gasteiger partial charge on any atom is 0.416 e. The van der Waals surface area contributed by atoms with Gasteiger partial charge < -0.3 is 5.32 Å². The first-order valence-electron chi connectivity index (χ1n) is 11.8. The Labute approximate surface area is 194 Å². The zero-order valence-corrected chi connectivity index (χ0v) is 20.0. The number of hydrogen-bond acceptors (Lipinski definition) is 4. The van der Waals surface area contributed by atoms with Gasteiger partial charge in [0, 0.05) is 43.8 Å². The Kier molecular flexibility index (Phi) is 8.45. The minimum Gasteiger partial charge on any atom is -0.350 e. The Morgan fingerprint density at radius 2 is 1.58 bits per heavy atom. The summed E-state index contributed by atoms with van der Waals surface area (Å²) >= 11 is 0. The number of hydrogen-bond donors (Lipinski definition) is 1. The van der Waals surface area contributed by atoms with E-state index in [1.165, 1.54) is 12.1 Å². The first-order chi connectivity index (χ1) is 15.6. The van der Waals surface area contributed by atoms with Crippen molar-refractivity contribution in [3.8, 4) is 0 Å². The van der Waals surface area contributed by atoms with Crippen LogP contribution in [0.15, 0.2) is 24.3 Å². The molecule has 1 amide bonds. The normalized spacial score (nSPS) is 20.8. The minimum atomic E-state index is -4.44. The maximum atomic E-state index is 12.8. The monoisotopic (exact) mass is 489 g/mol. The summed E-state index contributed by atoms with van der Waals surface area (Å²) in [7, 11) is -3.23. The molecule has 2 aliphatic rings. The Morgan fingerprint density at radius 1 is 1.00 bits per heavy atom. The quantitative estimate of drug-likeness (QED) is 0.590. The van der Waals surface area contributed by atoms with Crippen LogP contribution in [0.5, 0.6) is 0 Å². The lowest BCUT2D eigenvalue weighted by molar-refractivity contribution is -0.137. The molecule has 33 heavy (non-hydrogen) atoms. The van der Waals surface area contributed by atoms with Crippen molar-refractivity contribution >= 4 is 15.9 Å². The van der Waals surface area contributed by atoms with E-state index in [9.17, 15) is 26.4 Å². The van der Waals surface area contributed by atoms with Crippen LogP contribution in [0.3, 0.4) is 0 Å². The van der Waals surface area contributed by atoms with Crippen molar-refractivity contribution in [1.82, 2.24) is 14.5 Å². The van der Waals surface area contributed by atoms with Gasteiger partial charge in [-0.15, -0.1) is 0 Å². The summed E-state index contributed by atoms with van der Waals surface area (Å²) in [5.41, 5.74) is -0.851. The fourth-order valence-electron chi connectivity index (χ4n) is 4.98. The predicted molar refractivity (Wildman–Crippen MR) is 121 cm³/mol. The molecule has 1 aliphatic heterocycles. The number of alkyl halides is 3. The summed E-state index contributed by atoms with van der Waals surface area (Å²) in [4.78, 5) is 15.0. The average molecular weight is 490 g/mol. The lowest BCUT2D eigenvalue weighted by Crippen LogP contribution is -2.61. The number of halogens is 3. The van der Waals surface area contributed by atoms with E-state index in [0.29, 0.717) is 39.1 Å². The van der Waals surface area contributed by atoms with Crippen LogP contribution in [0, 0.1) is 0 Å². The van der Waals surface area contributed by atoms with Crippen LogP contribution in [0.2, 0.25) is 0 Å². The minimum absolute atomic E-state index is 0.154. The largest absolute Gasteiger partial charge is 0.416 e. The summed E-state index contributed by atoms with van der Waals surface area (Å²) in [6, 6.07) is 4.25. The molecule has 1 aromatic carbocycles. The molecule has 0 unspecified atom stereocenters. The van der Waals surface area contributed by atoms with E-state index >= 15 is 0 Å². The number of piperazine rings is 1. The molecule has 0 spiro atoms. The van der Waals surface area contributed by atoms with Crippen molar-refractivity contribution in [2.45, 2.75) is 63.6 Å². The molecule has 1 aromatic rings. The van der Waals surface area contributed by atoms with Crippen molar-refractivity contribution in [1.29, 1.82) is 0 Å². The van der Waals surface area contributed by atoms with E-state index in [1.54, 1.807) is 4.31 Å². The van der Waals surface area contributed by atoms with Crippen LogP contribution < -0.4 is 5.32 Å². The highest BCUT2D eigenvalue weighted by molar-refractivity contribution is 7.89. The average Bonchev–Trinajstić information content (AvgIpc) is 3.04. The van der Waals surface area contributed by atoms with Gasteiger partial charge in [-0.1, -0.05) is 32.6 Å². The van der Waals surface area contributed by atoms with Gasteiger partial charge in [-0.2, -0.15) is 17.5 Å². The second-order valence-corrected chi connectivity index (χ2v) is 11.2. The molecule has 3 rings (SSSR count). The molecule has 1 aliphatic carbocycles. The second-order valence-electron chi connectivity index (χ2n) is 9.10. The van der Waals surface area contributed by atoms with Gasteiger partial charge in [-0.25, -0.2) is 8.42 Å². The van der Waals surface area contributed by atoms with Crippen molar-refractivity contribution in [3.63, 3.8) is 0 Å². The van der Waals surface area contributed by atoms with Crippen LogP contribution in [-0.2, 0) is 16.2 Å². The van der Waals surface area contributed by atoms with Crippen molar-refractivity contribution < 1.29 is 26.4 Å². The highest BCUT2D eigenvalue weighted by Gasteiger charge is 2.40. The molecule has 2 fully saturated rings. The molecule has 0 radical (unpaired) electrons. The fraction of sp³-hybridized carbons (Fsp3) is 0.696. The van der Waals surface area contributed by atoms with Crippen LogP contribution in [-0.4, -0.2) is 67.5 Å². The number of carbonyl (C=O) groups is 1. The van der Waals surface area contributed by atoms with Gasteiger partial charge in [-0.05, 0) is 43.5 Å². The standard InChI is InChI=1S/C23H34F3N3O3S/c1-2-17-33(31,32)29-15-13-28(14-16-29)22(11-5-3-4-6-12-22)18-27-21(30)19-7-9-20(10-8-19)23(24,25)26/h7-10H,2-6,11-18H2,1H3,(H,27,30). The molecular weight excluding hydrogens is 455 g/mol. The first-order valence-corrected chi connectivity index (χ1v) is 13.4. The third-order valence-electron chi connectivity index (χ3n) is 6.85. The number of nitrogens with zero attached hydrogens (tertiary/aromatic N) is 2. The third-order valence-corrected chi connectivity index (χ3v) is 8.93. The Morgan fingerprint density at radius 3 is 2.09 bits per heavy atom.